The van der Waals surface area contributed by atoms with Gasteiger partial charge in [0.1, 0.15) is 6.04 Å². The van der Waals surface area contributed by atoms with E-state index in [4.69, 9.17) is 5.11 Å². The van der Waals surface area contributed by atoms with Crippen LogP contribution in [0.25, 0.3) is 0 Å². The number of amides is 2. The van der Waals surface area contributed by atoms with Crippen LogP contribution in [0.15, 0.2) is 0 Å². The molecule has 1 heterocycles. The van der Waals surface area contributed by atoms with E-state index >= 15 is 0 Å². The largest absolute Gasteiger partial charge is 0.481 e. The van der Waals surface area contributed by atoms with Crippen LogP contribution in [0.4, 0.5) is 0 Å². The quantitative estimate of drug-likeness (QED) is 0.590. The van der Waals surface area contributed by atoms with Gasteiger partial charge in [-0.1, -0.05) is 0 Å². The number of carboxylic acid groups (broad SMARTS) is 1. The van der Waals surface area contributed by atoms with Gasteiger partial charge in [-0.3, -0.25) is 19.3 Å². The van der Waals surface area contributed by atoms with Gasteiger partial charge in [-0.2, -0.15) is 0 Å². The molecule has 2 rings (SSSR count). The zero-order chi connectivity index (χ0) is 14.0. The highest BCUT2D eigenvalue weighted by atomic mass is 16.4. The number of carbonyl (C=O) groups is 3. The minimum Gasteiger partial charge on any atom is -0.481 e. The summed E-state index contributed by atoms with van der Waals surface area (Å²) in [5.41, 5.74) is 0. The van der Waals surface area contributed by atoms with Gasteiger partial charge in [-0.25, -0.2) is 0 Å². The maximum atomic E-state index is 12.0. The van der Waals surface area contributed by atoms with E-state index in [0.29, 0.717) is 13.1 Å². The third kappa shape index (κ3) is 3.44. The second-order valence-electron chi connectivity index (χ2n) is 5.10. The molecule has 2 atom stereocenters. The molecule has 3 N–H and O–H groups in total. The van der Waals surface area contributed by atoms with Gasteiger partial charge in [0, 0.05) is 19.1 Å². The molecule has 0 aromatic rings. The van der Waals surface area contributed by atoms with Crippen LogP contribution in [-0.4, -0.2) is 59.0 Å². The van der Waals surface area contributed by atoms with Crippen LogP contribution in [-0.2, 0) is 14.4 Å². The van der Waals surface area contributed by atoms with Crippen LogP contribution in [0, 0.1) is 0 Å². The fourth-order valence-corrected chi connectivity index (χ4v) is 2.27. The maximum Gasteiger partial charge on any atom is 0.305 e. The Bertz CT molecular complexity index is 394. The van der Waals surface area contributed by atoms with Crippen LogP contribution in [0.5, 0.6) is 0 Å². The minimum atomic E-state index is -1.04. The zero-order valence-electron chi connectivity index (χ0n) is 10.9. The average Bonchev–Trinajstić information content (AvgIpc) is 3.14. The lowest BCUT2D eigenvalue weighted by Crippen LogP contribution is -2.61. The number of nitrogens with zero attached hydrogens (tertiary/aromatic N) is 1. The van der Waals surface area contributed by atoms with E-state index < -0.39 is 18.1 Å². The van der Waals surface area contributed by atoms with Crippen LogP contribution >= 0.6 is 0 Å². The first-order valence-electron chi connectivity index (χ1n) is 6.54. The van der Waals surface area contributed by atoms with E-state index in [9.17, 15) is 14.4 Å². The molecule has 2 amide bonds. The summed E-state index contributed by atoms with van der Waals surface area (Å²) in [5.74, 6) is -1.49. The monoisotopic (exact) mass is 269 g/mol. The Kier molecular flexibility index (Phi) is 4.04. The Morgan fingerprint density at radius 3 is 2.79 bits per heavy atom. The summed E-state index contributed by atoms with van der Waals surface area (Å²) in [6.45, 7) is 2.64. The van der Waals surface area contributed by atoms with E-state index in [-0.39, 0.29) is 24.3 Å². The number of piperazine rings is 1. The van der Waals surface area contributed by atoms with Gasteiger partial charge in [0.15, 0.2) is 0 Å². The number of hydrogen-bond donors (Lipinski definition) is 3. The first-order valence-corrected chi connectivity index (χ1v) is 6.54. The van der Waals surface area contributed by atoms with Crippen molar-refractivity contribution in [3.05, 3.63) is 0 Å². The first kappa shape index (κ1) is 13.8. The summed E-state index contributed by atoms with van der Waals surface area (Å²) >= 11 is 0. The Morgan fingerprint density at radius 2 is 2.21 bits per heavy atom. The van der Waals surface area contributed by atoms with Gasteiger partial charge in [-0.15, -0.1) is 0 Å². The van der Waals surface area contributed by atoms with Gasteiger partial charge >= 0.3 is 5.97 Å². The van der Waals surface area contributed by atoms with E-state index in [1.54, 1.807) is 11.8 Å². The van der Waals surface area contributed by atoms with Crippen LogP contribution in [0.2, 0.25) is 0 Å². The highest BCUT2D eigenvalue weighted by molar-refractivity contribution is 5.88. The molecule has 0 aromatic carbocycles. The van der Waals surface area contributed by atoms with Gasteiger partial charge in [0.25, 0.3) is 0 Å². The van der Waals surface area contributed by atoms with Crippen molar-refractivity contribution in [2.75, 3.05) is 13.1 Å². The molecule has 7 nitrogen and oxygen atoms in total. The molecule has 2 fully saturated rings. The molecule has 0 radical (unpaired) electrons. The maximum absolute atomic E-state index is 12.0. The molecular formula is C12H19N3O4. The van der Waals surface area contributed by atoms with Crippen molar-refractivity contribution >= 4 is 17.8 Å². The van der Waals surface area contributed by atoms with Crippen LogP contribution in [0.3, 0.4) is 0 Å². The second-order valence-corrected chi connectivity index (χ2v) is 5.10. The Balaban J connectivity index is 2.02. The predicted octanol–water partition coefficient (Wildman–Crippen LogP) is -1.07. The van der Waals surface area contributed by atoms with Gasteiger partial charge in [0.05, 0.1) is 12.5 Å². The molecule has 0 spiro atoms. The van der Waals surface area contributed by atoms with Crippen molar-refractivity contribution in [1.82, 2.24) is 15.5 Å². The summed E-state index contributed by atoms with van der Waals surface area (Å²) in [4.78, 5) is 36.3. The van der Waals surface area contributed by atoms with Crippen molar-refractivity contribution in [2.24, 2.45) is 0 Å². The molecule has 2 aliphatic rings. The molecule has 19 heavy (non-hydrogen) atoms. The van der Waals surface area contributed by atoms with Crippen molar-refractivity contribution in [2.45, 2.75) is 44.3 Å². The third-order valence-corrected chi connectivity index (χ3v) is 3.54. The fraction of sp³-hybridized carbons (Fsp3) is 0.750. The number of aliphatic carboxylic acids is 1. The topological polar surface area (TPSA) is 98.7 Å². The molecule has 1 saturated carbocycles. The Hall–Kier alpha value is -1.63. The molecule has 2 unspecified atom stereocenters. The summed E-state index contributed by atoms with van der Waals surface area (Å²) < 4.78 is 0. The lowest BCUT2D eigenvalue weighted by atomic mass is 10.1. The molecular weight excluding hydrogens is 250 g/mol. The minimum absolute atomic E-state index is 0.132. The van der Waals surface area contributed by atoms with Crippen LogP contribution < -0.4 is 10.6 Å². The second kappa shape index (κ2) is 5.56. The molecule has 1 aliphatic heterocycles. The van der Waals surface area contributed by atoms with Crippen LogP contribution in [0.1, 0.15) is 26.2 Å². The normalized spacial score (nSPS) is 25.5. The summed E-state index contributed by atoms with van der Waals surface area (Å²) in [6, 6.07) is -1.01. The smallest absolute Gasteiger partial charge is 0.305 e. The highest BCUT2D eigenvalue weighted by Gasteiger charge is 2.37. The number of carboxylic acids is 1. The Labute approximate surface area is 111 Å². The standard InChI is InChI=1S/C12H19N3O4/c1-7(11(18)14-8-2-3-8)15-5-4-13-12(19)9(15)6-10(16)17/h7-9H,2-6H2,1H3,(H,13,19)(H,14,18)(H,16,17). The van der Waals surface area contributed by atoms with E-state index in [1.807, 2.05) is 0 Å². The predicted molar refractivity (Wildman–Crippen MR) is 66.4 cm³/mol. The molecule has 1 saturated heterocycles. The average molecular weight is 269 g/mol. The number of nitrogens with one attached hydrogen (secondary N) is 2. The van der Waals surface area contributed by atoms with E-state index in [2.05, 4.69) is 10.6 Å². The lowest BCUT2D eigenvalue weighted by Gasteiger charge is -2.37. The highest BCUT2D eigenvalue weighted by Crippen LogP contribution is 2.20. The van der Waals surface area contributed by atoms with Gasteiger partial charge in [-0.05, 0) is 19.8 Å². The summed E-state index contributed by atoms with van der Waals surface area (Å²) in [5, 5.41) is 14.4. The molecule has 106 valence electrons. The summed E-state index contributed by atoms with van der Waals surface area (Å²) in [7, 11) is 0. The zero-order valence-corrected chi connectivity index (χ0v) is 10.9. The lowest BCUT2D eigenvalue weighted by molar-refractivity contribution is -0.145. The SMILES string of the molecule is CC(C(=O)NC1CC1)N1CCNC(=O)C1CC(=O)O. The van der Waals surface area contributed by atoms with Crippen molar-refractivity contribution in [1.29, 1.82) is 0 Å². The fourth-order valence-electron chi connectivity index (χ4n) is 2.27. The van der Waals surface area contributed by atoms with Crippen molar-refractivity contribution < 1.29 is 19.5 Å². The number of carbonyl (C=O) groups excluding carboxylic acids is 2. The number of rotatable bonds is 5. The molecule has 1 aliphatic carbocycles. The molecule has 0 bridgehead atoms. The van der Waals surface area contributed by atoms with E-state index in [1.165, 1.54) is 0 Å². The third-order valence-electron chi connectivity index (χ3n) is 3.54. The van der Waals surface area contributed by atoms with Crippen molar-refractivity contribution in [3.63, 3.8) is 0 Å². The number of hydrogen-bond acceptors (Lipinski definition) is 4. The molecule has 0 aromatic heterocycles. The van der Waals surface area contributed by atoms with E-state index in [0.717, 1.165) is 12.8 Å². The van der Waals surface area contributed by atoms with Gasteiger partial charge < -0.3 is 15.7 Å². The van der Waals surface area contributed by atoms with Gasteiger partial charge in [0.2, 0.25) is 11.8 Å². The molecule has 7 heteroatoms. The van der Waals surface area contributed by atoms with Crippen molar-refractivity contribution in [3.8, 4) is 0 Å². The first-order chi connectivity index (χ1) is 8.99. The Morgan fingerprint density at radius 1 is 1.53 bits per heavy atom. The summed E-state index contributed by atoms with van der Waals surface area (Å²) in [6.07, 6.45) is 1.71.